The molecular formula is C18H15ClN4S. The van der Waals surface area contributed by atoms with E-state index in [1.165, 1.54) is 10.4 Å². The quantitative estimate of drug-likeness (QED) is 0.634. The van der Waals surface area contributed by atoms with Gasteiger partial charge < -0.3 is 0 Å². The Morgan fingerprint density at radius 3 is 2.50 bits per heavy atom. The Kier molecular flexibility index (Phi) is 3.44. The van der Waals surface area contributed by atoms with E-state index in [1.807, 2.05) is 31.2 Å². The monoisotopic (exact) mass is 354 g/mol. The molecule has 0 radical (unpaired) electrons. The van der Waals surface area contributed by atoms with Crippen molar-refractivity contribution < 1.29 is 0 Å². The third-order valence-corrected chi connectivity index (χ3v) is 5.70. The van der Waals surface area contributed by atoms with Gasteiger partial charge >= 0.3 is 0 Å². The summed E-state index contributed by atoms with van der Waals surface area (Å²) < 4.78 is 2.05. The Hall–Kier alpha value is -2.24. The average molecular weight is 355 g/mol. The molecule has 0 saturated carbocycles. The van der Waals surface area contributed by atoms with Gasteiger partial charge in [0.2, 0.25) is 0 Å². The first kappa shape index (κ1) is 15.3. The van der Waals surface area contributed by atoms with Crippen LogP contribution < -0.4 is 0 Å². The predicted octanol–water partition coefficient (Wildman–Crippen LogP) is 4.73. The molecule has 3 aromatic rings. The second-order valence-electron chi connectivity index (χ2n) is 5.78. The number of halogens is 1. The molecule has 1 aliphatic heterocycles. The number of hydrogen-bond donors (Lipinski definition) is 0. The second kappa shape index (κ2) is 5.40. The van der Waals surface area contributed by atoms with Crippen LogP contribution in [-0.2, 0) is 0 Å². The van der Waals surface area contributed by atoms with Crippen molar-refractivity contribution in [1.29, 1.82) is 0 Å². The maximum Gasteiger partial charge on any atom is 0.187 e. The maximum atomic E-state index is 6.05. The predicted molar refractivity (Wildman–Crippen MR) is 99.6 cm³/mol. The lowest BCUT2D eigenvalue weighted by Gasteiger charge is -2.09. The zero-order valence-corrected chi connectivity index (χ0v) is 15.2. The van der Waals surface area contributed by atoms with E-state index in [2.05, 4.69) is 35.2 Å². The topological polar surface area (TPSA) is 43.1 Å². The zero-order chi connectivity index (χ0) is 17.0. The lowest BCUT2D eigenvalue weighted by molar-refractivity contribution is 0.977. The van der Waals surface area contributed by atoms with Gasteiger partial charge in [0.15, 0.2) is 5.82 Å². The molecule has 4 rings (SSSR count). The van der Waals surface area contributed by atoms with Crippen LogP contribution in [-0.4, -0.2) is 20.5 Å². The maximum absolute atomic E-state index is 6.05. The Morgan fingerprint density at radius 2 is 1.79 bits per heavy atom. The number of nitrogens with zero attached hydrogens (tertiary/aromatic N) is 4. The number of benzene rings is 1. The van der Waals surface area contributed by atoms with E-state index in [0.29, 0.717) is 16.5 Å². The molecule has 0 saturated heterocycles. The summed E-state index contributed by atoms with van der Waals surface area (Å²) in [5.41, 5.74) is 4.86. The first-order valence-corrected chi connectivity index (χ1v) is 8.73. The molecule has 6 heteroatoms. The van der Waals surface area contributed by atoms with Crippen LogP contribution in [0.3, 0.4) is 0 Å². The van der Waals surface area contributed by atoms with E-state index in [1.54, 1.807) is 11.3 Å². The van der Waals surface area contributed by atoms with Gasteiger partial charge in [-0.05, 0) is 38.5 Å². The highest BCUT2D eigenvalue weighted by Crippen LogP contribution is 2.38. The SMILES string of the molecule is C=C1N=C(c2ccc(Cl)cc2)c2c(sc(C)c2C)-n2c(C)nnc21. The van der Waals surface area contributed by atoms with Gasteiger partial charge in [0.05, 0.1) is 5.71 Å². The van der Waals surface area contributed by atoms with Crippen molar-refractivity contribution in [3.63, 3.8) is 0 Å². The number of fused-ring (bicyclic) bond motifs is 3. The smallest absolute Gasteiger partial charge is 0.187 e. The fourth-order valence-corrected chi connectivity index (χ4v) is 4.23. The van der Waals surface area contributed by atoms with Crippen LogP contribution in [0.15, 0.2) is 35.8 Å². The highest BCUT2D eigenvalue weighted by atomic mass is 35.5. The summed E-state index contributed by atoms with van der Waals surface area (Å²) in [6.07, 6.45) is 0. The Balaban J connectivity index is 2.06. The van der Waals surface area contributed by atoms with E-state index >= 15 is 0 Å². The average Bonchev–Trinajstić information content (AvgIpc) is 3.03. The summed E-state index contributed by atoms with van der Waals surface area (Å²) in [7, 11) is 0. The minimum Gasteiger partial charge on any atom is -0.268 e. The largest absolute Gasteiger partial charge is 0.268 e. The van der Waals surface area contributed by atoms with Crippen molar-refractivity contribution in [1.82, 2.24) is 14.8 Å². The highest BCUT2D eigenvalue weighted by Gasteiger charge is 2.27. The van der Waals surface area contributed by atoms with E-state index in [9.17, 15) is 0 Å². The Morgan fingerprint density at radius 1 is 1.08 bits per heavy atom. The first-order valence-electron chi connectivity index (χ1n) is 7.54. The van der Waals surface area contributed by atoms with E-state index < -0.39 is 0 Å². The molecule has 120 valence electrons. The molecule has 0 aliphatic carbocycles. The van der Waals surface area contributed by atoms with Crippen molar-refractivity contribution in [2.75, 3.05) is 0 Å². The number of thiophene rings is 1. The molecule has 0 bridgehead atoms. The Bertz CT molecular complexity index is 1010. The fourth-order valence-electron chi connectivity index (χ4n) is 2.90. The third-order valence-electron chi connectivity index (χ3n) is 4.25. The van der Waals surface area contributed by atoms with Crippen LogP contribution in [0.1, 0.15) is 33.2 Å². The van der Waals surface area contributed by atoms with Gasteiger partial charge in [-0.25, -0.2) is 4.99 Å². The standard InChI is InChI=1S/C18H15ClN4S/c1-9-11(3)24-18-15(9)16(13-5-7-14(19)8-6-13)20-10(2)17-22-21-12(4)23(17)18/h5-8H,2H2,1,3-4H3. The van der Waals surface area contributed by atoms with Crippen LogP contribution in [0.25, 0.3) is 10.7 Å². The molecule has 24 heavy (non-hydrogen) atoms. The van der Waals surface area contributed by atoms with Crippen molar-refractivity contribution >= 4 is 34.3 Å². The molecule has 1 aliphatic rings. The molecule has 0 atom stereocenters. The van der Waals surface area contributed by atoms with Gasteiger partial charge in [-0.2, -0.15) is 0 Å². The molecule has 1 aromatic carbocycles. The van der Waals surface area contributed by atoms with E-state index in [4.69, 9.17) is 16.6 Å². The normalized spacial score (nSPS) is 13.3. The number of hydrogen-bond acceptors (Lipinski definition) is 4. The molecule has 3 heterocycles. The molecule has 0 unspecified atom stereocenters. The van der Waals surface area contributed by atoms with Crippen LogP contribution >= 0.6 is 22.9 Å². The highest BCUT2D eigenvalue weighted by molar-refractivity contribution is 7.15. The Labute approximate surface area is 149 Å². The number of aliphatic imine (C=N–C) groups is 1. The molecule has 0 N–H and O–H groups in total. The van der Waals surface area contributed by atoms with Gasteiger partial charge in [-0.15, -0.1) is 21.5 Å². The van der Waals surface area contributed by atoms with E-state index in [-0.39, 0.29) is 0 Å². The van der Waals surface area contributed by atoms with Crippen molar-refractivity contribution in [3.05, 3.63) is 69.1 Å². The summed E-state index contributed by atoms with van der Waals surface area (Å²) in [5, 5.41) is 10.3. The molecular weight excluding hydrogens is 340 g/mol. The van der Waals surface area contributed by atoms with Crippen molar-refractivity contribution in [2.24, 2.45) is 4.99 Å². The number of aryl methyl sites for hydroxylation is 2. The van der Waals surface area contributed by atoms with Crippen LogP contribution in [0.5, 0.6) is 0 Å². The number of aromatic nitrogens is 3. The molecule has 0 amide bonds. The van der Waals surface area contributed by atoms with Crippen molar-refractivity contribution in [2.45, 2.75) is 20.8 Å². The molecule has 0 fully saturated rings. The lowest BCUT2D eigenvalue weighted by Crippen LogP contribution is -2.07. The third kappa shape index (κ3) is 2.16. The van der Waals surface area contributed by atoms with E-state index in [0.717, 1.165) is 27.7 Å². The molecule has 2 aromatic heterocycles. The minimum atomic E-state index is 0.612. The van der Waals surface area contributed by atoms with Crippen molar-refractivity contribution in [3.8, 4) is 5.00 Å². The molecule has 0 spiro atoms. The van der Waals surface area contributed by atoms with Crippen LogP contribution in [0.4, 0.5) is 0 Å². The van der Waals surface area contributed by atoms with Crippen LogP contribution in [0.2, 0.25) is 5.02 Å². The summed E-state index contributed by atoms with van der Waals surface area (Å²) in [4.78, 5) is 6.07. The first-order chi connectivity index (χ1) is 11.5. The summed E-state index contributed by atoms with van der Waals surface area (Å²) in [6, 6.07) is 7.74. The lowest BCUT2D eigenvalue weighted by atomic mass is 10.00. The summed E-state index contributed by atoms with van der Waals surface area (Å²) in [5.74, 6) is 1.53. The van der Waals surface area contributed by atoms with Gasteiger partial charge in [0.1, 0.15) is 16.5 Å². The van der Waals surface area contributed by atoms with Gasteiger partial charge in [-0.3, -0.25) is 4.57 Å². The summed E-state index contributed by atoms with van der Waals surface area (Å²) in [6.45, 7) is 10.3. The van der Waals surface area contributed by atoms with Gasteiger partial charge in [0, 0.05) is 21.0 Å². The fraction of sp³-hybridized carbons (Fsp3) is 0.167. The minimum absolute atomic E-state index is 0.612. The molecule has 4 nitrogen and oxygen atoms in total. The zero-order valence-electron chi connectivity index (χ0n) is 13.6. The van der Waals surface area contributed by atoms with Gasteiger partial charge in [-0.1, -0.05) is 30.3 Å². The van der Waals surface area contributed by atoms with Crippen LogP contribution in [0, 0.1) is 20.8 Å². The number of rotatable bonds is 1. The second-order valence-corrected chi connectivity index (χ2v) is 7.42. The van der Waals surface area contributed by atoms with Gasteiger partial charge in [0.25, 0.3) is 0 Å². The summed E-state index contributed by atoms with van der Waals surface area (Å²) >= 11 is 7.78.